The van der Waals surface area contributed by atoms with Crippen molar-refractivity contribution in [3.05, 3.63) is 180 Å². The van der Waals surface area contributed by atoms with Gasteiger partial charge in [-0.05, 0) is 57.3 Å². The van der Waals surface area contributed by atoms with Gasteiger partial charge < -0.3 is 4.74 Å². The van der Waals surface area contributed by atoms with Crippen LogP contribution in [0.15, 0.2) is 158 Å². The van der Waals surface area contributed by atoms with Gasteiger partial charge in [-0.1, -0.05) is 133 Å². The second-order valence-corrected chi connectivity index (χ2v) is 13.9. The lowest BCUT2D eigenvalue weighted by atomic mass is 9.66. The molecule has 4 heteroatoms. The molecule has 0 atom stereocenters. The summed E-state index contributed by atoms with van der Waals surface area (Å²) in [6.45, 7) is 0. The van der Waals surface area contributed by atoms with E-state index in [1.807, 2.05) is 6.07 Å². The number of nitrogens with zero attached hydrogens (tertiary/aromatic N) is 2. The van der Waals surface area contributed by atoms with Gasteiger partial charge in [-0.2, -0.15) is 0 Å². The minimum atomic E-state index is -0.579. The Morgan fingerprint density at radius 3 is 2.02 bits per heavy atom. The summed E-state index contributed by atoms with van der Waals surface area (Å²) in [4.78, 5) is 10.5. The predicted octanol–water partition coefficient (Wildman–Crippen LogP) is 11.8. The van der Waals surface area contributed by atoms with Crippen molar-refractivity contribution < 1.29 is 4.74 Å². The molecule has 0 radical (unpaired) electrons. The highest BCUT2D eigenvalue weighted by Gasteiger charge is 2.51. The molecule has 0 bridgehead atoms. The summed E-state index contributed by atoms with van der Waals surface area (Å²) in [5, 5.41) is 3.65. The summed E-state index contributed by atoms with van der Waals surface area (Å²) in [6.07, 6.45) is 0. The van der Waals surface area contributed by atoms with E-state index in [2.05, 4.69) is 152 Å². The third kappa shape index (κ3) is 3.61. The Morgan fingerprint density at radius 2 is 1.20 bits per heavy atom. The van der Waals surface area contributed by atoms with Crippen molar-refractivity contribution in [2.24, 2.45) is 0 Å². The van der Waals surface area contributed by atoms with Crippen LogP contribution in [0.3, 0.4) is 0 Å². The fourth-order valence-corrected chi connectivity index (χ4v) is 9.47. The van der Waals surface area contributed by atoms with Gasteiger partial charge in [0.15, 0.2) is 5.82 Å². The maximum absolute atomic E-state index is 6.63. The number of thiophene rings is 1. The number of rotatable bonds is 2. The molecular weight excluding hydrogens is 617 g/mol. The van der Waals surface area contributed by atoms with Crippen LogP contribution in [0.2, 0.25) is 0 Å². The Kier molecular flexibility index (Phi) is 5.47. The number of aromatic nitrogens is 2. The van der Waals surface area contributed by atoms with Crippen LogP contribution in [-0.2, 0) is 5.41 Å². The first kappa shape index (κ1) is 26.9. The Labute approximate surface area is 286 Å². The van der Waals surface area contributed by atoms with Gasteiger partial charge in [0.05, 0.1) is 21.3 Å². The summed E-state index contributed by atoms with van der Waals surface area (Å²) in [7, 11) is 0. The fourth-order valence-electron chi connectivity index (χ4n) is 8.32. The van der Waals surface area contributed by atoms with Crippen LogP contribution in [0.4, 0.5) is 0 Å². The molecule has 1 spiro atoms. The largest absolute Gasteiger partial charge is 0.457 e. The Balaban J connectivity index is 1.28. The van der Waals surface area contributed by atoms with E-state index in [-0.39, 0.29) is 0 Å². The monoisotopic (exact) mass is 642 g/mol. The van der Waals surface area contributed by atoms with Gasteiger partial charge in [0.2, 0.25) is 0 Å². The third-order valence-corrected chi connectivity index (χ3v) is 11.5. The van der Waals surface area contributed by atoms with Crippen LogP contribution in [0.25, 0.3) is 64.8 Å². The zero-order chi connectivity index (χ0) is 32.1. The maximum atomic E-state index is 6.63. The quantitative estimate of drug-likeness (QED) is 0.188. The molecule has 1 aliphatic heterocycles. The molecule has 3 nitrogen and oxygen atoms in total. The molecule has 0 fully saturated rings. The van der Waals surface area contributed by atoms with Gasteiger partial charge in [-0.3, -0.25) is 0 Å². The molecule has 49 heavy (non-hydrogen) atoms. The number of para-hydroxylation sites is 2. The molecule has 0 saturated carbocycles. The first-order chi connectivity index (χ1) is 24.3. The first-order valence-electron chi connectivity index (χ1n) is 16.6. The van der Waals surface area contributed by atoms with Crippen LogP contribution in [0.1, 0.15) is 22.3 Å². The molecule has 2 aliphatic rings. The molecule has 228 valence electrons. The minimum absolute atomic E-state index is 0.579. The molecule has 11 rings (SSSR count). The Morgan fingerprint density at radius 1 is 0.510 bits per heavy atom. The van der Waals surface area contributed by atoms with E-state index in [0.29, 0.717) is 0 Å². The second kappa shape index (κ2) is 9.96. The van der Waals surface area contributed by atoms with E-state index in [4.69, 9.17) is 14.7 Å². The van der Waals surface area contributed by atoms with Crippen molar-refractivity contribution in [1.82, 2.24) is 9.97 Å². The minimum Gasteiger partial charge on any atom is -0.457 e. The zero-order valence-corrected chi connectivity index (χ0v) is 27.0. The van der Waals surface area contributed by atoms with E-state index in [1.165, 1.54) is 37.7 Å². The van der Waals surface area contributed by atoms with Crippen LogP contribution in [-0.4, -0.2) is 9.97 Å². The summed E-state index contributed by atoms with van der Waals surface area (Å²) in [5.41, 5.74) is 10.8. The lowest BCUT2D eigenvalue weighted by Gasteiger charge is -2.39. The molecule has 0 unspecified atom stereocenters. The molecule has 9 aromatic rings. The highest BCUT2D eigenvalue weighted by atomic mass is 32.1. The molecular formula is C45H26N2OS. The molecule has 1 aliphatic carbocycles. The van der Waals surface area contributed by atoms with Gasteiger partial charge in [-0.25, -0.2) is 9.97 Å². The van der Waals surface area contributed by atoms with E-state index in [1.54, 1.807) is 11.3 Å². The standard InChI is InChI=1S/C45H26N2OS/c1-2-13-28(14-3-1)44-46-41(43-42(47-44)32-16-6-11-21-39(32)49-43)29-22-24-31-36(26-29)45(35-25-23-27-12-4-5-15-30(27)40(31)35)33-17-7-9-19-37(33)48-38-20-10-8-18-34(38)45/h1-26H. The van der Waals surface area contributed by atoms with Gasteiger partial charge in [0.1, 0.15) is 11.5 Å². The van der Waals surface area contributed by atoms with Crippen molar-refractivity contribution in [2.45, 2.75) is 5.41 Å². The van der Waals surface area contributed by atoms with Crippen molar-refractivity contribution in [1.29, 1.82) is 0 Å². The van der Waals surface area contributed by atoms with Gasteiger partial charge in [-0.15, -0.1) is 11.3 Å². The topological polar surface area (TPSA) is 35.0 Å². The summed E-state index contributed by atoms with van der Waals surface area (Å²) in [5.74, 6) is 2.51. The van der Waals surface area contributed by atoms with E-state index in [9.17, 15) is 0 Å². The van der Waals surface area contributed by atoms with Crippen molar-refractivity contribution in [2.75, 3.05) is 0 Å². The third-order valence-electron chi connectivity index (χ3n) is 10.4. The lowest BCUT2D eigenvalue weighted by molar-refractivity contribution is 0.436. The summed E-state index contributed by atoms with van der Waals surface area (Å²) >= 11 is 1.77. The maximum Gasteiger partial charge on any atom is 0.160 e. The van der Waals surface area contributed by atoms with E-state index >= 15 is 0 Å². The molecule has 0 saturated heterocycles. The number of hydrogen-bond donors (Lipinski definition) is 0. The second-order valence-electron chi connectivity index (χ2n) is 12.9. The SMILES string of the molecule is c1ccc(-c2nc(-c3ccc4c(c3)C3(c5ccccc5Oc5ccccc53)c3ccc5ccccc5c3-4)c3sc4ccccc4c3n2)cc1. The molecule has 7 aromatic carbocycles. The number of fused-ring (bicyclic) bond motifs is 14. The Bertz CT molecular complexity index is 2770. The average molecular weight is 643 g/mol. The summed E-state index contributed by atoms with van der Waals surface area (Å²) < 4.78 is 8.94. The van der Waals surface area contributed by atoms with Gasteiger partial charge in [0, 0.05) is 32.3 Å². The highest BCUT2D eigenvalue weighted by Crippen LogP contribution is 2.63. The van der Waals surface area contributed by atoms with Crippen LogP contribution in [0, 0.1) is 0 Å². The van der Waals surface area contributed by atoms with Crippen molar-refractivity contribution >= 4 is 42.4 Å². The van der Waals surface area contributed by atoms with Gasteiger partial charge >= 0.3 is 0 Å². The molecule has 0 N–H and O–H groups in total. The van der Waals surface area contributed by atoms with Crippen LogP contribution in [0.5, 0.6) is 11.5 Å². The predicted molar refractivity (Wildman–Crippen MR) is 201 cm³/mol. The average Bonchev–Trinajstić information content (AvgIpc) is 3.69. The summed E-state index contributed by atoms with van der Waals surface area (Å²) in [6, 6.07) is 56.4. The highest BCUT2D eigenvalue weighted by molar-refractivity contribution is 7.26. The molecule has 3 heterocycles. The number of ether oxygens (including phenoxy) is 1. The fraction of sp³-hybridized carbons (Fsp3) is 0.0222. The first-order valence-corrected chi connectivity index (χ1v) is 17.4. The van der Waals surface area contributed by atoms with Crippen LogP contribution >= 0.6 is 11.3 Å². The van der Waals surface area contributed by atoms with E-state index < -0.39 is 5.41 Å². The van der Waals surface area contributed by atoms with Crippen molar-refractivity contribution in [3.63, 3.8) is 0 Å². The Hall–Kier alpha value is -6.10. The number of hydrogen-bond acceptors (Lipinski definition) is 4. The van der Waals surface area contributed by atoms with Crippen molar-refractivity contribution in [3.8, 4) is 45.3 Å². The molecule has 2 aromatic heterocycles. The normalized spacial score (nSPS) is 13.6. The lowest BCUT2D eigenvalue weighted by Crippen LogP contribution is -2.32. The smallest absolute Gasteiger partial charge is 0.160 e. The molecule has 0 amide bonds. The number of benzene rings is 7. The zero-order valence-electron chi connectivity index (χ0n) is 26.2. The van der Waals surface area contributed by atoms with Gasteiger partial charge in [0.25, 0.3) is 0 Å². The van der Waals surface area contributed by atoms with E-state index in [0.717, 1.165) is 60.9 Å². The van der Waals surface area contributed by atoms with Crippen LogP contribution < -0.4 is 4.74 Å².